The number of nitrogens with zero attached hydrogens (tertiary/aromatic N) is 2. The maximum Gasteiger partial charge on any atom is 0.269 e. The van der Waals surface area contributed by atoms with Crippen molar-refractivity contribution >= 4 is 22.1 Å². The standard InChI is InChI=1S/C26H19FN2O4/c1-32-17-12-10-16(11-13-17)14-15-29-24(18-6-2-4-8-20(18)27)28-25-22(26(29)31)23(30)19-7-3-5-9-21(19)33-25/h2-13H,14-15H2,1H3. The molecule has 0 fully saturated rings. The Labute approximate surface area is 187 Å². The highest BCUT2D eigenvalue weighted by Crippen LogP contribution is 2.23. The van der Waals surface area contributed by atoms with Gasteiger partial charge < -0.3 is 9.15 Å². The topological polar surface area (TPSA) is 74.3 Å². The first-order valence-electron chi connectivity index (χ1n) is 10.4. The van der Waals surface area contributed by atoms with Gasteiger partial charge in [0.15, 0.2) is 5.39 Å². The predicted molar refractivity (Wildman–Crippen MR) is 124 cm³/mol. The summed E-state index contributed by atoms with van der Waals surface area (Å²) in [5, 5.41) is 0.146. The van der Waals surface area contributed by atoms with Crippen molar-refractivity contribution in [3.63, 3.8) is 0 Å². The van der Waals surface area contributed by atoms with Crippen LogP contribution in [-0.4, -0.2) is 16.7 Å². The van der Waals surface area contributed by atoms with Crippen molar-refractivity contribution in [3.05, 3.63) is 105 Å². The fourth-order valence-electron chi connectivity index (χ4n) is 3.87. The molecule has 2 heterocycles. The molecule has 0 N–H and O–H groups in total. The number of ether oxygens (including phenoxy) is 1. The second-order valence-corrected chi connectivity index (χ2v) is 7.58. The number of aromatic nitrogens is 2. The van der Waals surface area contributed by atoms with Gasteiger partial charge in [-0.3, -0.25) is 14.2 Å². The fraction of sp³-hybridized carbons (Fsp3) is 0.115. The molecule has 0 atom stereocenters. The SMILES string of the molecule is COc1ccc(CCn2c(-c3ccccc3F)nc3oc4ccccc4c(=O)c3c2=O)cc1. The van der Waals surface area contributed by atoms with Gasteiger partial charge in [-0.2, -0.15) is 4.98 Å². The molecule has 164 valence electrons. The van der Waals surface area contributed by atoms with Crippen molar-refractivity contribution in [2.24, 2.45) is 0 Å². The van der Waals surface area contributed by atoms with Gasteiger partial charge in [0.2, 0.25) is 11.1 Å². The number of aryl methyl sites for hydroxylation is 1. The summed E-state index contributed by atoms with van der Waals surface area (Å²) in [5.74, 6) is 0.308. The van der Waals surface area contributed by atoms with Gasteiger partial charge in [0.05, 0.1) is 18.1 Å². The maximum absolute atomic E-state index is 14.7. The Morgan fingerprint density at radius 1 is 0.970 bits per heavy atom. The van der Waals surface area contributed by atoms with Crippen LogP contribution in [0, 0.1) is 5.82 Å². The van der Waals surface area contributed by atoms with Crippen LogP contribution in [0.25, 0.3) is 33.5 Å². The first-order chi connectivity index (χ1) is 16.1. The molecule has 0 amide bonds. The van der Waals surface area contributed by atoms with Gasteiger partial charge in [0.1, 0.15) is 23.0 Å². The number of methoxy groups -OCH3 is 1. The monoisotopic (exact) mass is 442 g/mol. The van der Waals surface area contributed by atoms with Gasteiger partial charge in [-0.15, -0.1) is 0 Å². The predicted octanol–water partition coefficient (Wildman–Crippen LogP) is 4.56. The van der Waals surface area contributed by atoms with Crippen LogP contribution in [0.3, 0.4) is 0 Å². The van der Waals surface area contributed by atoms with E-state index in [1.807, 2.05) is 24.3 Å². The smallest absolute Gasteiger partial charge is 0.269 e. The largest absolute Gasteiger partial charge is 0.497 e. The number of halogens is 1. The molecule has 5 rings (SSSR count). The summed E-state index contributed by atoms with van der Waals surface area (Å²) in [5.41, 5.74) is 0.295. The van der Waals surface area contributed by atoms with Crippen molar-refractivity contribution in [1.29, 1.82) is 0 Å². The molecular weight excluding hydrogens is 423 g/mol. The van der Waals surface area contributed by atoms with Crippen LogP contribution in [0.5, 0.6) is 5.75 Å². The van der Waals surface area contributed by atoms with Crippen molar-refractivity contribution < 1.29 is 13.5 Å². The van der Waals surface area contributed by atoms with Crippen molar-refractivity contribution in [1.82, 2.24) is 9.55 Å². The highest BCUT2D eigenvalue weighted by atomic mass is 19.1. The van der Waals surface area contributed by atoms with Gasteiger partial charge in [-0.25, -0.2) is 4.39 Å². The number of hydrogen-bond donors (Lipinski definition) is 0. The van der Waals surface area contributed by atoms with Crippen molar-refractivity contribution in [2.75, 3.05) is 7.11 Å². The first-order valence-corrected chi connectivity index (χ1v) is 10.4. The summed E-state index contributed by atoms with van der Waals surface area (Å²) in [6, 6.07) is 20.2. The lowest BCUT2D eigenvalue weighted by molar-refractivity contribution is 0.414. The molecule has 0 unspecified atom stereocenters. The molecular formula is C26H19FN2O4. The molecule has 7 heteroatoms. The number of fused-ring (bicyclic) bond motifs is 2. The zero-order valence-corrected chi connectivity index (χ0v) is 17.7. The highest BCUT2D eigenvalue weighted by molar-refractivity contribution is 5.88. The Morgan fingerprint density at radius 3 is 2.45 bits per heavy atom. The van der Waals surface area contributed by atoms with E-state index >= 15 is 0 Å². The Balaban J connectivity index is 1.73. The summed E-state index contributed by atoms with van der Waals surface area (Å²) in [6.45, 7) is 0.198. The second kappa shape index (κ2) is 8.35. The Bertz CT molecular complexity index is 1600. The number of hydrogen-bond acceptors (Lipinski definition) is 5. The number of para-hydroxylation sites is 1. The Kier molecular flexibility index (Phi) is 5.22. The Morgan fingerprint density at radius 2 is 1.70 bits per heavy atom. The minimum absolute atomic E-state index is 0.109. The van der Waals surface area contributed by atoms with Gasteiger partial charge in [-0.05, 0) is 48.4 Å². The van der Waals surface area contributed by atoms with Gasteiger partial charge >= 0.3 is 0 Å². The third-order valence-corrected chi connectivity index (χ3v) is 5.60. The average Bonchev–Trinajstić information content (AvgIpc) is 2.84. The summed E-state index contributed by atoms with van der Waals surface area (Å²) < 4.78 is 27.0. The third-order valence-electron chi connectivity index (χ3n) is 5.60. The van der Waals surface area contributed by atoms with Crippen molar-refractivity contribution in [3.8, 4) is 17.1 Å². The molecule has 0 saturated carbocycles. The summed E-state index contributed by atoms with van der Waals surface area (Å²) in [7, 11) is 1.59. The van der Waals surface area contributed by atoms with E-state index in [2.05, 4.69) is 4.98 Å². The average molecular weight is 442 g/mol. The quantitative estimate of drug-likeness (QED) is 0.373. The van der Waals surface area contributed by atoms with Crippen LogP contribution in [-0.2, 0) is 13.0 Å². The molecule has 2 aromatic heterocycles. The zero-order chi connectivity index (χ0) is 22.9. The van der Waals surface area contributed by atoms with E-state index in [1.54, 1.807) is 49.6 Å². The molecule has 0 aliphatic rings. The molecule has 5 aromatic rings. The minimum Gasteiger partial charge on any atom is -0.497 e. The van der Waals surface area contributed by atoms with E-state index in [0.717, 1.165) is 11.3 Å². The van der Waals surface area contributed by atoms with E-state index in [9.17, 15) is 14.0 Å². The van der Waals surface area contributed by atoms with Crippen LogP contribution in [0.1, 0.15) is 5.56 Å². The van der Waals surface area contributed by atoms with Crippen LogP contribution in [0.2, 0.25) is 0 Å². The lowest BCUT2D eigenvalue weighted by Crippen LogP contribution is -2.28. The van der Waals surface area contributed by atoms with Gasteiger partial charge in [-0.1, -0.05) is 36.4 Å². The highest BCUT2D eigenvalue weighted by Gasteiger charge is 2.20. The fourth-order valence-corrected chi connectivity index (χ4v) is 3.87. The molecule has 0 bridgehead atoms. The lowest BCUT2D eigenvalue weighted by Gasteiger charge is -2.14. The molecule has 0 spiro atoms. The second-order valence-electron chi connectivity index (χ2n) is 7.58. The lowest BCUT2D eigenvalue weighted by atomic mass is 10.1. The normalized spacial score (nSPS) is 11.2. The third kappa shape index (κ3) is 3.67. The van der Waals surface area contributed by atoms with E-state index in [0.29, 0.717) is 17.4 Å². The molecule has 0 aliphatic carbocycles. The zero-order valence-electron chi connectivity index (χ0n) is 17.7. The molecule has 3 aromatic carbocycles. The molecule has 0 radical (unpaired) electrons. The first kappa shape index (κ1) is 20.6. The van der Waals surface area contributed by atoms with E-state index < -0.39 is 16.8 Å². The van der Waals surface area contributed by atoms with E-state index in [-0.39, 0.29) is 29.0 Å². The number of benzene rings is 3. The van der Waals surface area contributed by atoms with Crippen LogP contribution in [0.15, 0.2) is 86.8 Å². The molecule has 0 saturated heterocycles. The summed E-state index contributed by atoms with van der Waals surface area (Å²) in [4.78, 5) is 31.1. The molecule has 0 aliphatic heterocycles. The van der Waals surface area contributed by atoms with Crippen molar-refractivity contribution in [2.45, 2.75) is 13.0 Å². The van der Waals surface area contributed by atoms with E-state index in [1.165, 1.54) is 10.6 Å². The van der Waals surface area contributed by atoms with E-state index in [4.69, 9.17) is 9.15 Å². The van der Waals surface area contributed by atoms with Crippen LogP contribution >= 0.6 is 0 Å². The summed E-state index contributed by atoms with van der Waals surface area (Å²) in [6.07, 6.45) is 0.470. The molecule has 33 heavy (non-hydrogen) atoms. The molecule has 6 nitrogen and oxygen atoms in total. The maximum atomic E-state index is 14.7. The van der Waals surface area contributed by atoms with Gasteiger partial charge in [0.25, 0.3) is 5.56 Å². The summed E-state index contributed by atoms with van der Waals surface area (Å²) >= 11 is 0. The van der Waals surface area contributed by atoms with Crippen LogP contribution in [0.4, 0.5) is 4.39 Å². The van der Waals surface area contributed by atoms with Crippen LogP contribution < -0.4 is 15.7 Å². The van der Waals surface area contributed by atoms with Gasteiger partial charge in [0, 0.05) is 6.54 Å². The Hall–Kier alpha value is -4.26. The minimum atomic E-state index is -0.564. The number of rotatable bonds is 5.